The van der Waals surface area contributed by atoms with Crippen LogP contribution in [0.25, 0.3) is 26.7 Å². The molecule has 0 atom stereocenters. The van der Waals surface area contributed by atoms with Crippen LogP contribution in [0.5, 0.6) is 11.6 Å². The van der Waals surface area contributed by atoms with Gasteiger partial charge in [0.05, 0.1) is 32.8 Å². The number of hydrogen-bond donors (Lipinski definition) is 3. The van der Waals surface area contributed by atoms with E-state index in [9.17, 15) is 4.79 Å². The Hall–Kier alpha value is -5.81. The number of hydrogen-bond acceptors (Lipinski definition) is 8. The van der Waals surface area contributed by atoms with E-state index in [-0.39, 0.29) is 6.03 Å². The molecule has 0 bridgehead atoms. The zero-order valence-electron chi connectivity index (χ0n) is 25.9. The molecule has 0 aliphatic rings. The van der Waals surface area contributed by atoms with Crippen molar-refractivity contribution in [3.63, 3.8) is 0 Å². The summed E-state index contributed by atoms with van der Waals surface area (Å²) in [4.78, 5) is 26.7. The van der Waals surface area contributed by atoms with Crippen LogP contribution in [-0.2, 0) is 6.42 Å². The lowest BCUT2D eigenvalue weighted by Gasteiger charge is -2.14. The van der Waals surface area contributed by atoms with Crippen LogP contribution in [0.1, 0.15) is 31.0 Å². The number of carbonyl (C=O) groups is 1. The molecule has 47 heavy (non-hydrogen) atoms. The van der Waals surface area contributed by atoms with Gasteiger partial charge in [0.2, 0.25) is 11.8 Å². The van der Waals surface area contributed by atoms with Gasteiger partial charge in [0.25, 0.3) is 0 Å². The number of thiazole rings is 1. The fraction of sp³-hybridized carbons (Fsp3) is 0.139. The minimum Gasteiger partial charge on any atom is -0.438 e. The standard InChI is InChI=1S/C36H32N8O2S/c1-3-4-7-25-21-33(44(43-25)26-13-10-23(2)11-14-26)41-36(45)40-29-15-16-31(28-9-6-5-8-27(28)29)46-34-18-19-37-35(42-34)39-24-12-17-32-30(20-24)38-22-47-32/h5-6,8-22H,3-4,7H2,1-2H3,(H,37,39,42)(H2,40,41,45). The molecule has 0 saturated carbocycles. The van der Waals surface area contributed by atoms with Gasteiger partial charge < -0.3 is 15.4 Å². The molecule has 0 unspecified atom stereocenters. The van der Waals surface area contributed by atoms with E-state index in [1.807, 2.05) is 97.4 Å². The SMILES string of the molecule is CCCCc1cc(NC(=O)Nc2ccc(Oc3ccnc(Nc4ccc5scnc5c4)n3)c3ccccc23)n(-c2ccc(C)cc2)n1. The molecule has 3 N–H and O–H groups in total. The van der Waals surface area contributed by atoms with E-state index in [1.165, 1.54) is 0 Å². The smallest absolute Gasteiger partial charge is 0.324 e. The van der Waals surface area contributed by atoms with Crippen LogP contribution in [-0.4, -0.2) is 30.8 Å². The van der Waals surface area contributed by atoms with Gasteiger partial charge in [-0.25, -0.2) is 19.4 Å². The van der Waals surface area contributed by atoms with Crippen LogP contribution >= 0.6 is 11.3 Å². The predicted octanol–water partition coefficient (Wildman–Crippen LogP) is 9.26. The van der Waals surface area contributed by atoms with Gasteiger partial charge >= 0.3 is 6.03 Å². The molecule has 0 spiro atoms. The van der Waals surface area contributed by atoms with Gasteiger partial charge in [0.1, 0.15) is 11.6 Å². The fourth-order valence-electron chi connectivity index (χ4n) is 5.26. The lowest BCUT2D eigenvalue weighted by Crippen LogP contribution is -2.21. The van der Waals surface area contributed by atoms with Crippen molar-refractivity contribution >= 4 is 61.5 Å². The number of fused-ring (bicyclic) bond motifs is 2. The third-order valence-electron chi connectivity index (χ3n) is 7.63. The summed E-state index contributed by atoms with van der Waals surface area (Å²) in [5.74, 6) is 1.97. The molecule has 3 aromatic heterocycles. The highest BCUT2D eigenvalue weighted by Crippen LogP contribution is 2.34. The Balaban J connectivity index is 1.10. The highest BCUT2D eigenvalue weighted by Gasteiger charge is 2.15. The summed E-state index contributed by atoms with van der Waals surface area (Å²) in [7, 11) is 0. The number of amides is 2. The number of nitrogens with zero attached hydrogens (tertiary/aromatic N) is 5. The first-order valence-corrected chi connectivity index (χ1v) is 16.3. The van der Waals surface area contributed by atoms with Crippen LogP contribution in [0.2, 0.25) is 0 Å². The molecule has 0 saturated heterocycles. The molecular formula is C36H32N8O2S. The minimum absolute atomic E-state index is 0.374. The summed E-state index contributed by atoms with van der Waals surface area (Å²) in [5.41, 5.74) is 7.17. The van der Waals surface area contributed by atoms with Gasteiger partial charge in [-0.3, -0.25) is 5.32 Å². The number of aryl methyl sites for hydroxylation is 2. The van der Waals surface area contributed by atoms with E-state index in [0.717, 1.165) is 62.9 Å². The molecule has 11 heteroatoms. The predicted molar refractivity (Wildman–Crippen MR) is 189 cm³/mol. The van der Waals surface area contributed by atoms with E-state index in [1.54, 1.807) is 28.3 Å². The molecule has 3 heterocycles. The molecule has 7 aromatic rings. The zero-order chi connectivity index (χ0) is 32.2. The first-order valence-electron chi connectivity index (χ1n) is 15.4. The molecular weight excluding hydrogens is 609 g/mol. The Morgan fingerprint density at radius 1 is 0.915 bits per heavy atom. The number of anilines is 4. The second-order valence-corrected chi connectivity index (χ2v) is 12.0. The third kappa shape index (κ3) is 6.75. The van der Waals surface area contributed by atoms with Crippen molar-refractivity contribution in [2.45, 2.75) is 33.1 Å². The van der Waals surface area contributed by atoms with E-state index in [2.05, 4.69) is 37.8 Å². The summed E-state index contributed by atoms with van der Waals surface area (Å²) in [6.45, 7) is 4.19. The Bertz CT molecular complexity index is 2190. The van der Waals surface area contributed by atoms with Crippen molar-refractivity contribution in [2.24, 2.45) is 0 Å². The fourth-order valence-corrected chi connectivity index (χ4v) is 5.92. The van der Waals surface area contributed by atoms with Crippen molar-refractivity contribution in [3.8, 4) is 17.3 Å². The number of carbonyl (C=O) groups excluding carboxylic acids is 1. The number of urea groups is 1. The number of ether oxygens (including phenoxy) is 1. The normalized spacial score (nSPS) is 11.1. The van der Waals surface area contributed by atoms with E-state index in [4.69, 9.17) is 9.84 Å². The average Bonchev–Trinajstić information content (AvgIpc) is 3.72. The summed E-state index contributed by atoms with van der Waals surface area (Å²) >= 11 is 1.59. The molecule has 2 amide bonds. The quantitative estimate of drug-likeness (QED) is 0.136. The first kappa shape index (κ1) is 29.9. The molecule has 4 aromatic carbocycles. The zero-order valence-corrected chi connectivity index (χ0v) is 26.7. The molecule has 10 nitrogen and oxygen atoms in total. The van der Waals surface area contributed by atoms with Crippen molar-refractivity contribution in [3.05, 3.63) is 114 Å². The lowest BCUT2D eigenvalue weighted by atomic mass is 10.1. The van der Waals surface area contributed by atoms with E-state index < -0.39 is 0 Å². The van der Waals surface area contributed by atoms with Gasteiger partial charge in [-0.2, -0.15) is 10.1 Å². The van der Waals surface area contributed by atoms with Gasteiger partial charge in [-0.1, -0.05) is 55.3 Å². The maximum atomic E-state index is 13.4. The average molecular weight is 641 g/mol. The Morgan fingerprint density at radius 3 is 2.62 bits per heavy atom. The highest BCUT2D eigenvalue weighted by atomic mass is 32.1. The minimum atomic E-state index is -0.374. The van der Waals surface area contributed by atoms with Crippen LogP contribution in [0.15, 0.2) is 103 Å². The number of unbranched alkanes of at least 4 members (excludes halogenated alkanes) is 1. The van der Waals surface area contributed by atoms with Crippen molar-refractivity contribution < 1.29 is 9.53 Å². The van der Waals surface area contributed by atoms with Gasteiger partial charge in [-0.15, -0.1) is 11.3 Å². The first-order chi connectivity index (χ1) is 23.0. The molecule has 0 radical (unpaired) electrons. The number of rotatable bonds is 10. The van der Waals surface area contributed by atoms with Crippen molar-refractivity contribution in [1.29, 1.82) is 0 Å². The maximum Gasteiger partial charge on any atom is 0.324 e. The molecule has 0 aliphatic carbocycles. The third-order valence-corrected chi connectivity index (χ3v) is 8.44. The Labute approximate surface area is 275 Å². The molecule has 234 valence electrons. The van der Waals surface area contributed by atoms with Crippen LogP contribution in [0.4, 0.5) is 27.9 Å². The van der Waals surface area contributed by atoms with Crippen LogP contribution < -0.4 is 20.7 Å². The molecule has 0 aliphatic heterocycles. The lowest BCUT2D eigenvalue weighted by molar-refractivity contribution is 0.262. The highest BCUT2D eigenvalue weighted by molar-refractivity contribution is 7.16. The Kier molecular flexibility index (Phi) is 8.44. The second-order valence-electron chi connectivity index (χ2n) is 11.1. The monoisotopic (exact) mass is 640 g/mol. The Morgan fingerprint density at radius 2 is 1.77 bits per heavy atom. The van der Waals surface area contributed by atoms with Gasteiger partial charge in [0, 0.05) is 34.8 Å². The van der Waals surface area contributed by atoms with Gasteiger partial charge in [0.15, 0.2) is 0 Å². The molecule has 0 fully saturated rings. The summed E-state index contributed by atoms with van der Waals surface area (Å²) in [6, 6.07) is 28.7. The van der Waals surface area contributed by atoms with Crippen molar-refractivity contribution in [2.75, 3.05) is 16.0 Å². The largest absolute Gasteiger partial charge is 0.438 e. The van der Waals surface area contributed by atoms with Gasteiger partial charge in [-0.05, 0) is 62.2 Å². The summed E-state index contributed by atoms with van der Waals surface area (Å²) in [6.07, 6.45) is 4.56. The topological polar surface area (TPSA) is 119 Å². The van der Waals surface area contributed by atoms with E-state index >= 15 is 0 Å². The van der Waals surface area contributed by atoms with Crippen LogP contribution in [0, 0.1) is 6.92 Å². The summed E-state index contributed by atoms with van der Waals surface area (Å²) in [5, 5.41) is 15.7. The maximum absolute atomic E-state index is 13.4. The molecule has 7 rings (SSSR count). The number of benzene rings is 4. The van der Waals surface area contributed by atoms with Crippen LogP contribution in [0.3, 0.4) is 0 Å². The number of aromatic nitrogens is 5. The van der Waals surface area contributed by atoms with Crippen molar-refractivity contribution in [1.82, 2.24) is 24.7 Å². The number of nitrogens with one attached hydrogen (secondary N) is 3. The summed E-state index contributed by atoms with van der Waals surface area (Å²) < 4.78 is 9.14. The van der Waals surface area contributed by atoms with E-state index in [0.29, 0.717) is 29.1 Å². The second kappa shape index (κ2) is 13.3.